The van der Waals surface area contributed by atoms with Crippen LogP contribution in [0.4, 0.5) is 0 Å². The third-order valence-corrected chi connectivity index (χ3v) is 2.38. The zero-order valence-corrected chi connectivity index (χ0v) is 10.1. The number of hydrogen-bond donors (Lipinski definition) is 0. The molecule has 0 heterocycles. The fraction of sp³-hybridized carbons (Fsp3) is 0.462. The lowest BCUT2D eigenvalue weighted by atomic mass is 10.1. The van der Waals surface area contributed by atoms with E-state index in [-0.39, 0.29) is 5.91 Å². The van der Waals surface area contributed by atoms with Gasteiger partial charge in [-0.1, -0.05) is 32.0 Å². The number of nitrogens with zero attached hydrogens (tertiary/aromatic N) is 1. The number of hydroxylamine groups is 2. The molecule has 0 saturated heterocycles. The van der Waals surface area contributed by atoms with Crippen LogP contribution in [0.15, 0.2) is 30.3 Å². The largest absolute Gasteiger partial charge is 0.277 e. The second-order valence-corrected chi connectivity index (χ2v) is 4.14. The maximum absolute atomic E-state index is 12.0. The lowest BCUT2D eigenvalue weighted by Crippen LogP contribution is -2.31. The van der Waals surface area contributed by atoms with Gasteiger partial charge in [0.25, 0.3) is 5.91 Å². The highest BCUT2D eigenvalue weighted by atomic mass is 16.7. The molecule has 0 bridgehead atoms. The van der Waals surface area contributed by atoms with Gasteiger partial charge in [0.1, 0.15) is 0 Å². The van der Waals surface area contributed by atoms with Gasteiger partial charge in [-0.15, -0.1) is 0 Å². The molecule has 0 aromatic heterocycles. The molecule has 1 rings (SSSR count). The second-order valence-electron chi connectivity index (χ2n) is 4.14. The van der Waals surface area contributed by atoms with Crippen molar-refractivity contribution in [3.63, 3.8) is 0 Å². The maximum Gasteiger partial charge on any atom is 0.277 e. The summed E-state index contributed by atoms with van der Waals surface area (Å²) in [5.41, 5.74) is 0.660. The first-order valence-corrected chi connectivity index (χ1v) is 5.56. The minimum atomic E-state index is -0.0799. The summed E-state index contributed by atoms with van der Waals surface area (Å²) in [5.74, 6) is 0.477. The van der Waals surface area contributed by atoms with Gasteiger partial charge in [0.2, 0.25) is 0 Å². The Bertz CT molecular complexity index is 322. The Morgan fingerprint density at radius 3 is 2.44 bits per heavy atom. The van der Waals surface area contributed by atoms with Gasteiger partial charge < -0.3 is 0 Å². The van der Waals surface area contributed by atoms with E-state index in [1.54, 1.807) is 12.1 Å². The van der Waals surface area contributed by atoms with E-state index in [4.69, 9.17) is 4.84 Å². The second kappa shape index (κ2) is 6.28. The van der Waals surface area contributed by atoms with Crippen LogP contribution in [0.1, 0.15) is 30.6 Å². The molecule has 3 heteroatoms. The number of carbonyl (C=O) groups is 1. The van der Waals surface area contributed by atoms with Gasteiger partial charge >= 0.3 is 0 Å². The van der Waals surface area contributed by atoms with Gasteiger partial charge in [-0.2, -0.15) is 0 Å². The molecule has 0 aliphatic heterocycles. The van der Waals surface area contributed by atoms with E-state index in [1.165, 1.54) is 12.2 Å². The first-order chi connectivity index (χ1) is 7.65. The highest BCUT2D eigenvalue weighted by Crippen LogP contribution is 2.08. The van der Waals surface area contributed by atoms with Gasteiger partial charge in [0.15, 0.2) is 0 Å². The summed E-state index contributed by atoms with van der Waals surface area (Å²) in [4.78, 5) is 17.1. The molecule has 0 N–H and O–H groups in total. The van der Waals surface area contributed by atoms with E-state index in [2.05, 4.69) is 13.8 Å². The van der Waals surface area contributed by atoms with E-state index in [0.29, 0.717) is 18.0 Å². The van der Waals surface area contributed by atoms with Crippen LogP contribution in [0.25, 0.3) is 0 Å². The Kier molecular flexibility index (Phi) is 4.99. The summed E-state index contributed by atoms with van der Waals surface area (Å²) < 4.78 is 0. The molecule has 3 nitrogen and oxygen atoms in total. The molecule has 1 aromatic carbocycles. The van der Waals surface area contributed by atoms with E-state index < -0.39 is 0 Å². The van der Waals surface area contributed by atoms with Crippen LogP contribution >= 0.6 is 0 Å². The summed E-state index contributed by atoms with van der Waals surface area (Å²) in [6, 6.07) is 9.18. The lowest BCUT2D eigenvalue weighted by Gasteiger charge is -2.20. The monoisotopic (exact) mass is 221 g/mol. The van der Waals surface area contributed by atoms with Gasteiger partial charge in [-0.05, 0) is 24.5 Å². The van der Waals surface area contributed by atoms with Crippen molar-refractivity contribution >= 4 is 5.91 Å². The Balaban J connectivity index is 2.63. The predicted octanol–water partition coefficient (Wildman–Crippen LogP) is 2.74. The van der Waals surface area contributed by atoms with E-state index in [9.17, 15) is 4.79 Å². The summed E-state index contributed by atoms with van der Waals surface area (Å²) in [6.45, 7) is 4.88. The molecule has 88 valence electrons. The third kappa shape index (κ3) is 3.66. The van der Waals surface area contributed by atoms with E-state index in [1.807, 2.05) is 18.2 Å². The number of carbonyl (C=O) groups excluding carboxylic acids is 1. The highest BCUT2D eigenvalue weighted by molar-refractivity contribution is 5.93. The fourth-order valence-corrected chi connectivity index (χ4v) is 1.38. The molecule has 0 radical (unpaired) electrons. The maximum atomic E-state index is 12.0. The normalized spacial score (nSPS) is 10.5. The SMILES string of the molecule is CON(CCC(C)C)C(=O)c1ccccc1. The van der Waals surface area contributed by atoms with Crippen LogP contribution in [0.5, 0.6) is 0 Å². The van der Waals surface area contributed by atoms with Crippen LogP contribution in [0.3, 0.4) is 0 Å². The van der Waals surface area contributed by atoms with Crippen LogP contribution < -0.4 is 0 Å². The minimum absolute atomic E-state index is 0.0799. The van der Waals surface area contributed by atoms with Crippen molar-refractivity contribution in [3.8, 4) is 0 Å². The van der Waals surface area contributed by atoms with E-state index >= 15 is 0 Å². The van der Waals surface area contributed by atoms with Gasteiger partial charge in [0.05, 0.1) is 7.11 Å². The topological polar surface area (TPSA) is 29.5 Å². The molecule has 0 spiro atoms. The molecule has 1 aromatic rings. The van der Waals surface area contributed by atoms with Crippen molar-refractivity contribution in [3.05, 3.63) is 35.9 Å². The zero-order valence-electron chi connectivity index (χ0n) is 10.1. The third-order valence-electron chi connectivity index (χ3n) is 2.38. The summed E-state index contributed by atoms with van der Waals surface area (Å²) >= 11 is 0. The molecule has 0 atom stereocenters. The van der Waals surface area contributed by atoms with Crippen LogP contribution in [-0.4, -0.2) is 24.6 Å². The minimum Gasteiger partial charge on any atom is -0.274 e. The molecular weight excluding hydrogens is 202 g/mol. The molecule has 16 heavy (non-hydrogen) atoms. The van der Waals surface area contributed by atoms with Crippen molar-refractivity contribution < 1.29 is 9.63 Å². The molecule has 1 amide bonds. The Morgan fingerprint density at radius 2 is 1.94 bits per heavy atom. The van der Waals surface area contributed by atoms with Crippen LogP contribution in [0.2, 0.25) is 0 Å². The first-order valence-electron chi connectivity index (χ1n) is 5.56. The van der Waals surface area contributed by atoms with Crippen LogP contribution in [-0.2, 0) is 4.84 Å². The standard InChI is InChI=1S/C13H19NO2/c1-11(2)9-10-14(16-3)13(15)12-7-5-4-6-8-12/h4-8,11H,9-10H2,1-3H3. The number of hydrogen-bond acceptors (Lipinski definition) is 2. The van der Waals surface area contributed by atoms with Crippen molar-refractivity contribution in [2.75, 3.05) is 13.7 Å². The number of amides is 1. The van der Waals surface area contributed by atoms with Gasteiger partial charge in [-0.25, -0.2) is 5.06 Å². The van der Waals surface area contributed by atoms with Gasteiger partial charge in [0, 0.05) is 12.1 Å². The smallest absolute Gasteiger partial charge is 0.274 e. The first kappa shape index (κ1) is 12.7. The predicted molar refractivity (Wildman–Crippen MR) is 63.9 cm³/mol. The highest BCUT2D eigenvalue weighted by Gasteiger charge is 2.15. The quantitative estimate of drug-likeness (QED) is 0.715. The number of rotatable bonds is 5. The Labute approximate surface area is 97.0 Å². The molecule has 0 unspecified atom stereocenters. The van der Waals surface area contributed by atoms with Crippen molar-refractivity contribution in [2.45, 2.75) is 20.3 Å². The summed E-state index contributed by atoms with van der Waals surface area (Å²) in [6.07, 6.45) is 0.937. The molecular formula is C13H19NO2. The van der Waals surface area contributed by atoms with Gasteiger partial charge in [-0.3, -0.25) is 9.63 Å². The molecule has 0 fully saturated rings. The average Bonchev–Trinajstić information content (AvgIpc) is 2.30. The summed E-state index contributed by atoms with van der Waals surface area (Å²) in [7, 11) is 1.53. The number of benzene rings is 1. The van der Waals surface area contributed by atoms with E-state index in [0.717, 1.165) is 6.42 Å². The van der Waals surface area contributed by atoms with Crippen molar-refractivity contribution in [1.82, 2.24) is 5.06 Å². The lowest BCUT2D eigenvalue weighted by molar-refractivity contribution is -0.0968. The zero-order chi connectivity index (χ0) is 12.0. The molecule has 0 saturated carbocycles. The fourth-order valence-electron chi connectivity index (χ4n) is 1.38. The molecule has 0 aliphatic carbocycles. The Morgan fingerprint density at radius 1 is 1.31 bits per heavy atom. The summed E-state index contributed by atoms with van der Waals surface area (Å²) in [5, 5.41) is 1.41. The van der Waals surface area contributed by atoms with Crippen LogP contribution in [0, 0.1) is 5.92 Å². The molecule has 0 aliphatic rings. The van der Waals surface area contributed by atoms with Crippen molar-refractivity contribution in [2.24, 2.45) is 5.92 Å². The Hall–Kier alpha value is -1.35. The van der Waals surface area contributed by atoms with Crippen molar-refractivity contribution in [1.29, 1.82) is 0 Å². The average molecular weight is 221 g/mol.